The second-order valence-corrected chi connectivity index (χ2v) is 7.28. The Balaban J connectivity index is 2.46. The Bertz CT molecular complexity index is 670. The van der Waals surface area contributed by atoms with E-state index in [-0.39, 0.29) is 16.3 Å². The van der Waals surface area contributed by atoms with Crippen molar-refractivity contribution in [2.75, 3.05) is 19.0 Å². The van der Waals surface area contributed by atoms with Crippen molar-refractivity contribution in [3.05, 3.63) is 27.8 Å². The van der Waals surface area contributed by atoms with Gasteiger partial charge >= 0.3 is 0 Å². The number of nitrogens with two attached hydrogens (primary N) is 1. The fourth-order valence-corrected chi connectivity index (χ4v) is 3.62. The summed E-state index contributed by atoms with van der Waals surface area (Å²) in [4.78, 5) is 10.3. The van der Waals surface area contributed by atoms with Gasteiger partial charge in [-0.3, -0.25) is 16.0 Å². The molecule has 9 heteroatoms. The lowest BCUT2D eigenvalue weighted by molar-refractivity contribution is -0.384. The van der Waals surface area contributed by atoms with E-state index in [0.29, 0.717) is 18.0 Å². The average Bonchev–Trinajstić information content (AvgIpc) is 3.21. The zero-order chi connectivity index (χ0) is 15.8. The number of hydrogen-bond acceptors (Lipinski definition) is 6. The van der Waals surface area contributed by atoms with Crippen LogP contribution in [0.3, 0.4) is 0 Å². The van der Waals surface area contributed by atoms with Crippen LogP contribution in [0.15, 0.2) is 17.0 Å². The molecule has 0 unspecified atom stereocenters. The Kier molecular flexibility index (Phi) is 4.17. The number of nitrogens with one attached hydrogen (secondary N) is 1. The number of sulfonamides is 1. The highest BCUT2D eigenvalue weighted by Gasteiger charge is 2.31. The molecule has 3 N–H and O–H groups in total. The third kappa shape index (κ3) is 3.14. The second-order valence-electron chi connectivity index (χ2n) is 5.27. The van der Waals surface area contributed by atoms with Crippen molar-refractivity contribution < 1.29 is 13.3 Å². The molecule has 1 aliphatic rings. The minimum absolute atomic E-state index is 0.0589. The molecule has 1 saturated carbocycles. The lowest BCUT2D eigenvalue weighted by Crippen LogP contribution is -2.29. The molecule has 0 heterocycles. The highest BCUT2D eigenvalue weighted by atomic mass is 32.2. The van der Waals surface area contributed by atoms with Crippen molar-refractivity contribution in [1.82, 2.24) is 4.31 Å². The zero-order valence-corrected chi connectivity index (χ0v) is 12.7. The Morgan fingerprint density at radius 3 is 2.57 bits per heavy atom. The predicted octanol–water partition coefficient (Wildman–Crippen LogP) is 1.22. The number of nitro groups is 1. The smallest absolute Gasteiger partial charge is 0.295 e. The molecule has 0 saturated heterocycles. The zero-order valence-electron chi connectivity index (χ0n) is 11.9. The molecule has 0 atom stereocenters. The van der Waals surface area contributed by atoms with Gasteiger partial charge in [-0.2, -0.15) is 0 Å². The lowest BCUT2D eigenvalue weighted by Gasteiger charge is -2.18. The Morgan fingerprint density at radius 1 is 1.48 bits per heavy atom. The quantitative estimate of drug-likeness (QED) is 0.463. The highest BCUT2D eigenvalue weighted by Crippen LogP contribution is 2.34. The van der Waals surface area contributed by atoms with Crippen LogP contribution in [0.5, 0.6) is 0 Å². The molecule has 1 aromatic carbocycles. The van der Waals surface area contributed by atoms with Gasteiger partial charge < -0.3 is 5.43 Å². The number of nitrogens with zero attached hydrogens (tertiary/aromatic N) is 2. The van der Waals surface area contributed by atoms with Crippen LogP contribution in [0.2, 0.25) is 0 Å². The maximum atomic E-state index is 12.5. The van der Waals surface area contributed by atoms with Gasteiger partial charge in [0, 0.05) is 19.7 Å². The number of hydrogen-bond donors (Lipinski definition) is 2. The molecule has 2 rings (SSSR count). The molecule has 1 aromatic rings. The van der Waals surface area contributed by atoms with Crippen LogP contribution in [0.25, 0.3) is 0 Å². The van der Waals surface area contributed by atoms with Gasteiger partial charge in [0.2, 0.25) is 10.0 Å². The fourth-order valence-electron chi connectivity index (χ4n) is 2.15. The van der Waals surface area contributed by atoms with Crippen LogP contribution in [0.1, 0.15) is 18.4 Å². The number of nitro benzene ring substituents is 1. The Labute approximate surface area is 123 Å². The van der Waals surface area contributed by atoms with E-state index in [0.717, 1.165) is 18.9 Å². The summed E-state index contributed by atoms with van der Waals surface area (Å²) in [6, 6.07) is 2.43. The molecule has 0 aliphatic heterocycles. The fraction of sp³-hybridized carbons (Fsp3) is 0.500. The van der Waals surface area contributed by atoms with Gasteiger partial charge in [0.15, 0.2) is 0 Å². The molecule has 116 valence electrons. The summed E-state index contributed by atoms with van der Waals surface area (Å²) in [5, 5.41) is 11.0. The van der Waals surface area contributed by atoms with E-state index in [2.05, 4.69) is 5.43 Å². The van der Waals surface area contributed by atoms with E-state index in [9.17, 15) is 18.5 Å². The summed E-state index contributed by atoms with van der Waals surface area (Å²) in [6.07, 6.45) is 2.05. The maximum absolute atomic E-state index is 12.5. The van der Waals surface area contributed by atoms with Gasteiger partial charge in [0.05, 0.1) is 9.82 Å². The molecular formula is C12H18N4O4S. The van der Waals surface area contributed by atoms with Crippen LogP contribution in [-0.4, -0.2) is 31.2 Å². The standard InChI is InChI=1S/C12H18N4O4S/c1-8-5-10(14-13)11(16(17)18)6-12(8)21(19,20)15(2)7-9-3-4-9/h5-6,9,14H,3-4,7,13H2,1-2H3. The molecule has 1 fully saturated rings. The highest BCUT2D eigenvalue weighted by molar-refractivity contribution is 7.89. The molecule has 21 heavy (non-hydrogen) atoms. The van der Waals surface area contributed by atoms with E-state index in [1.807, 2.05) is 0 Å². The summed E-state index contributed by atoms with van der Waals surface area (Å²) in [5.41, 5.74) is 2.36. The number of aryl methyl sites for hydroxylation is 1. The van der Waals surface area contributed by atoms with Gasteiger partial charge in [0.25, 0.3) is 5.69 Å². The molecule has 0 spiro atoms. The first kappa shape index (κ1) is 15.7. The van der Waals surface area contributed by atoms with Gasteiger partial charge in [0.1, 0.15) is 5.69 Å². The van der Waals surface area contributed by atoms with E-state index in [1.165, 1.54) is 17.4 Å². The largest absolute Gasteiger partial charge is 0.318 e. The first-order valence-corrected chi connectivity index (χ1v) is 7.93. The van der Waals surface area contributed by atoms with Crippen molar-refractivity contribution >= 4 is 21.4 Å². The first-order chi connectivity index (χ1) is 9.77. The van der Waals surface area contributed by atoms with Crippen LogP contribution in [-0.2, 0) is 10.0 Å². The predicted molar refractivity (Wildman–Crippen MR) is 78.2 cm³/mol. The summed E-state index contributed by atoms with van der Waals surface area (Å²) in [6.45, 7) is 2.02. The molecule has 0 aromatic heterocycles. The SMILES string of the molecule is Cc1cc(NN)c([N+](=O)[O-])cc1S(=O)(=O)N(C)CC1CC1. The van der Waals surface area contributed by atoms with Gasteiger partial charge in [-0.05, 0) is 37.3 Å². The summed E-state index contributed by atoms with van der Waals surface area (Å²) < 4.78 is 26.3. The number of hydrazine groups is 1. The van der Waals surface area contributed by atoms with E-state index < -0.39 is 14.9 Å². The molecule has 1 aliphatic carbocycles. The van der Waals surface area contributed by atoms with Crippen LogP contribution >= 0.6 is 0 Å². The molecule has 8 nitrogen and oxygen atoms in total. The number of anilines is 1. The van der Waals surface area contributed by atoms with Crippen molar-refractivity contribution in [2.45, 2.75) is 24.7 Å². The van der Waals surface area contributed by atoms with Crippen molar-refractivity contribution in [3.8, 4) is 0 Å². The van der Waals surface area contributed by atoms with Crippen molar-refractivity contribution in [3.63, 3.8) is 0 Å². The molecular weight excluding hydrogens is 296 g/mol. The van der Waals surface area contributed by atoms with Crippen molar-refractivity contribution in [1.29, 1.82) is 0 Å². The van der Waals surface area contributed by atoms with Crippen LogP contribution < -0.4 is 11.3 Å². The molecule has 0 amide bonds. The second kappa shape index (κ2) is 5.58. The normalized spacial score (nSPS) is 15.2. The number of benzene rings is 1. The number of rotatable bonds is 6. The first-order valence-electron chi connectivity index (χ1n) is 6.49. The van der Waals surface area contributed by atoms with Gasteiger partial charge in [-0.1, -0.05) is 0 Å². The Hall–Kier alpha value is -1.71. The average molecular weight is 314 g/mol. The number of nitrogen functional groups attached to an aromatic ring is 1. The summed E-state index contributed by atoms with van der Waals surface area (Å²) >= 11 is 0. The molecule has 0 radical (unpaired) electrons. The van der Waals surface area contributed by atoms with Gasteiger partial charge in [-0.25, -0.2) is 12.7 Å². The Morgan fingerprint density at radius 2 is 2.10 bits per heavy atom. The molecule has 0 bridgehead atoms. The lowest BCUT2D eigenvalue weighted by atomic mass is 10.2. The van der Waals surface area contributed by atoms with Crippen LogP contribution in [0.4, 0.5) is 11.4 Å². The maximum Gasteiger partial charge on any atom is 0.295 e. The summed E-state index contributed by atoms with van der Waals surface area (Å²) in [7, 11) is -2.25. The van der Waals surface area contributed by atoms with E-state index in [4.69, 9.17) is 5.84 Å². The van der Waals surface area contributed by atoms with E-state index in [1.54, 1.807) is 6.92 Å². The van der Waals surface area contributed by atoms with E-state index >= 15 is 0 Å². The topological polar surface area (TPSA) is 119 Å². The third-order valence-corrected chi connectivity index (χ3v) is 5.51. The summed E-state index contributed by atoms with van der Waals surface area (Å²) in [5.74, 6) is 5.63. The monoisotopic (exact) mass is 314 g/mol. The van der Waals surface area contributed by atoms with Crippen LogP contribution in [0, 0.1) is 23.0 Å². The minimum Gasteiger partial charge on any atom is -0.318 e. The van der Waals surface area contributed by atoms with Gasteiger partial charge in [-0.15, -0.1) is 0 Å². The van der Waals surface area contributed by atoms with Crippen molar-refractivity contribution in [2.24, 2.45) is 11.8 Å². The minimum atomic E-state index is -3.75. The third-order valence-electron chi connectivity index (χ3n) is 3.55.